The van der Waals surface area contributed by atoms with E-state index in [1.807, 2.05) is 0 Å². The molecule has 0 fully saturated rings. The topological polar surface area (TPSA) is 79.3 Å². The van der Waals surface area contributed by atoms with E-state index in [2.05, 4.69) is 10.3 Å². The Balaban J connectivity index is 2.17. The lowest BCUT2D eigenvalue weighted by Crippen LogP contribution is -2.16. The van der Waals surface area contributed by atoms with Gasteiger partial charge in [-0.2, -0.15) is 13.2 Å². The highest BCUT2D eigenvalue weighted by molar-refractivity contribution is 6.08. The van der Waals surface area contributed by atoms with Crippen molar-refractivity contribution in [2.24, 2.45) is 0 Å². The van der Waals surface area contributed by atoms with Crippen molar-refractivity contribution in [3.05, 3.63) is 64.9 Å². The third-order valence-corrected chi connectivity index (χ3v) is 3.25. The maximum Gasteiger partial charge on any atom is 0.416 e. The monoisotopic (exact) mass is 350 g/mol. The molecule has 1 amide bonds. The summed E-state index contributed by atoms with van der Waals surface area (Å²) in [7, 11) is 0. The van der Waals surface area contributed by atoms with Crippen LogP contribution in [0.1, 0.15) is 28.4 Å². The Kier molecular flexibility index (Phi) is 5.21. The van der Waals surface area contributed by atoms with Crippen LogP contribution in [0.3, 0.4) is 0 Å². The fraction of sp³-hybridized carbons (Fsp3) is 0.118. The number of aromatic nitrogens is 1. The van der Waals surface area contributed by atoms with E-state index >= 15 is 0 Å². The molecule has 1 aromatic carbocycles. The molecule has 1 aromatic heterocycles. The fourth-order valence-electron chi connectivity index (χ4n) is 1.97. The molecular formula is C17H13F3N2O3. The average molecular weight is 350 g/mol. The van der Waals surface area contributed by atoms with Crippen LogP contribution >= 0.6 is 0 Å². The quantitative estimate of drug-likeness (QED) is 0.821. The normalized spacial score (nSPS) is 11.9. The Bertz CT molecular complexity index is 828. The molecule has 0 saturated carbocycles. The molecule has 0 radical (unpaired) electrons. The summed E-state index contributed by atoms with van der Waals surface area (Å²) in [4.78, 5) is 27.0. The summed E-state index contributed by atoms with van der Waals surface area (Å²) >= 11 is 0. The van der Waals surface area contributed by atoms with Gasteiger partial charge in [-0.15, -0.1) is 0 Å². The van der Waals surface area contributed by atoms with Crippen LogP contribution in [-0.4, -0.2) is 22.0 Å². The second kappa shape index (κ2) is 7.16. The zero-order valence-corrected chi connectivity index (χ0v) is 13.0. The number of rotatable bonds is 4. The lowest BCUT2D eigenvalue weighted by atomic mass is 10.1. The molecule has 8 heteroatoms. The van der Waals surface area contributed by atoms with Gasteiger partial charge in [-0.05, 0) is 42.8 Å². The number of carboxylic acids is 1. The Morgan fingerprint density at radius 2 is 1.80 bits per heavy atom. The summed E-state index contributed by atoms with van der Waals surface area (Å²) < 4.78 is 37.6. The Morgan fingerprint density at radius 1 is 1.16 bits per heavy atom. The number of nitrogens with zero attached hydrogens (tertiary/aromatic N) is 1. The van der Waals surface area contributed by atoms with Gasteiger partial charge in [-0.1, -0.05) is 12.1 Å². The number of amides is 1. The maximum atomic E-state index is 12.5. The number of alkyl halides is 3. The lowest BCUT2D eigenvalue weighted by Gasteiger charge is -2.08. The van der Waals surface area contributed by atoms with Crippen LogP contribution in [0.2, 0.25) is 0 Å². The molecule has 0 unspecified atom stereocenters. The van der Waals surface area contributed by atoms with Crippen LogP contribution in [0.15, 0.2) is 48.2 Å². The largest absolute Gasteiger partial charge is 0.478 e. The third-order valence-electron chi connectivity index (χ3n) is 3.25. The Labute approximate surface area is 140 Å². The smallest absolute Gasteiger partial charge is 0.416 e. The van der Waals surface area contributed by atoms with Gasteiger partial charge in [0.1, 0.15) is 11.4 Å². The summed E-state index contributed by atoms with van der Waals surface area (Å²) in [5.74, 6) is -1.96. The van der Waals surface area contributed by atoms with Crippen molar-refractivity contribution >= 4 is 23.8 Å². The zero-order chi connectivity index (χ0) is 18.6. The molecule has 0 bridgehead atoms. The van der Waals surface area contributed by atoms with Crippen LogP contribution in [0, 0.1) is 0 Å². The minimum absolute atomic E-state index is 0.111. The minimum atomic E-state index is -4.43. The number of hydrogen-bond donors (Lipinski definition) is 2. The van der Waals surface area contributed by atoms with Crippen LogP contribution in [0.5, 0.6) is 0 Å². The van der Waals surface area contributed by atoms with Gasteiger partial charge in [0.2, 0.25) is 0 Å². The number of carbonyl (C=O) groups excluding carboxylic acids is 1. The molecule has 0 atom stereocenters. The summed E-state index contributed by atoms with van der Waals surface area (Å²) in [5.41, 5.74) is -0.369. The summed E-state index contributed by atoms with van der Waals surface area (Å²) in [6.45, 7) is 1.45. The van der Waals surface area contributed by atoms with Crippen LogP contribution in [-0.2, 0) is 11.0 Å². The molecule has 1 heterocycles. The Morgan fingerprint density at radius 3 is 2.36 bits per heavy atom. The van der Waals surface area contributed by atoms with E-state index in [-0.39, 0.29) is 17.0 Å². The molecule has 0 saturated heterocycles. The first-order valence-corrected chi connectivity index (χ1v) is 7.03. The summed E-state index contributed by atoms with van der Waals surface area (Å²) in [5, 5.41) is 11.4. The first-order chi connectivity index (χ1) is 11.7. The van der Waals surface area contributed by atoms with Crippen LogP contribution in [0.4, 0.5) is 19.0 Å². The van der Waals surface area contributed by atoms with Crippen LogP contribution < -0.4 is 5.32 Å². The van der Waals surface area contributed by atoms with E-state index < -0.39 is 23.6 Å². The number of halogens is 3. The molecule has 0 aliphatic heterocycles. The predicted molar refractivity (Wildman–Crippen MR) is 84.9 cm³/mol. The molecule has 2 N–H and O–H groups in total. The van der Waals surface area contributed by atoms with E-state index in [1.165, 1.54) is 43.5 Å². The van der Waals surface area contributed by atoms with Gasteiger partial charge in [-0.25, -0.2) is 9.78 Å². The lowest BCUT2D eigenvalue weighted by molar-refractivity contribution is -0.137. The predicted octanol–water partition coefficient (Wildman–Crippen LogP) is 3.84. The number of nitrogens with one attached hydrogen (secondary N) is 1. The number of anilines is 1. The molecular weight excluding hydrogens is 337 g/mol. The molecule has 2 aromatic rings. The van der Waals surface area contributed by atoms with Gasteiger partial charge in [0, 0.05) is 11.8 Å². The van der Waals surface area contributed by atoms with Crippen molar-refractivity contribution in [1.82, 2.24) is 4.98 Å². The Hall–Kier alpha value is -3.16. The fourth-order valence-corrected chi connectivity index (χ4v) is 1.97. The highest BCUT2D eigenvalue weighted by Crippen LogP contribution is 2.29. The molecule has 0 aliphatic rings. The molecule has 25 heavy (non-hydrogen) atoms. The summed E-state index contributed by atoms with van der Waals surface area (Å²) in [6, 6.07) is 7.02. The standard InChI is InChI=1S/C17H13F3N2O3/c1-10(9-11-4-6-12(7-5-11)17(18,19)20)15(23)22-14-13(16(24)25)3-2-8-21-14/h2-9H,1H3,(H,24,25)(H,21,22,23). The maximum absolute atomic E-state index is 12.5. The number of carbonyl (C=O) groups is 2. The van der Waals surface area contributed by atoms with Gasteiger partial charge in [0.15, 0.2) is 0 Å². The molecule has 0 spiro atoms. The minimum Gasteiger partial charge on any atom is -0.478 e. The summed E-state index contributed by atoms with van der Waals surface area (Å²) in [6.07, 6.45) is -1.71. The second-order valence-corrected chi connectivity index (χ2v) is 5.11. The SMILES string of the molecule is CC(=Cc1ccc(C(F)(F)F)cc1)C(=O)Nc1ncccc1C(=O)O. The first-order valence-electron chi connectivity index (χ1n) is 7.03. The van der Waals surface area contributed by atoms with E-state index in [9.17, 15) is 22.8 Å². The van der Waals surface area contributed by atoms with Crippen molar-refractivity contribution in [3.63, 3.8) is 0 Å². The van der Waals surface area contributed by atoms with Crippen molar-refractivity contribution in [1.29, 1.82) is 0 Å². The van der Waals surface area contributed by atoms with Gasteiger partial charge >= 0.3 is 12.1 Å². The van der Waals surface area contributed by atoms with E-state index in [1.54, 1.807) is 0 Å². The number of hydrogen-bond acceptors (Lipinski definition) is 3. The van der Waals surface area contributed by atoms with Gasteiger partial charge in [0.25, 0.3) is 5.91 Å². The number of aromatic carboxylic acids is 1. The second-order valence-electron chi connectivity index (χ2n) is 5.11. The third kappa shape index (κ3) is 4.66. The zero-order valence-electron chi connectivity index (χ0n) is 13.0. The van der Waals surface area contributed by atoms with Gasteiger partial charge < -0.3 is 10.4 Å². The van der Waals surface area contributed by atoms with E-state index in [0.29, 0.717) is 5.56 Å². The number of pyridine rings is 1. The van der Waals surface area contributed by atoms with E-state index in [0.717, 1.165) is 12.1 Å². The van der Waals surface area contributed by atoms with Crippen molar-refractivity contribution in [3.8, 4) is 0 Å². The average Bonchev–Trinajstić information content (AvgIpc) is 2.54. The van der Waals surface area contributed by atoms with Crippen molar-refractivity contribution < 1.29 is 27.9 Å². The van der Waals surface area contributed by atoms with Gasteiger partial charge in [-0.3, -0.25) is 4.79 Å². The van der Waals surface area contributed by atoms with Gasteiger partial charge in [0.05, 0.1) is 5.56 Å². The van der Waals surface area contributed by atoms with Crippen molar-refractivity contribution in [2.45, 2.75) is 13.1 Å². The molecule has 5 nitrogen and oxygen atoms in total. The highest BCUT2D eigenvalue weighted by atomic mass is 19.4. The highest BCUT2D eigenvalue weighted by Gasteiger charge is 2.29. The number of carboxylic acid groups (broad SMARTS) is 1. The number of benzene rings is 1. The van der Waals surface area contributed by atoms with Crippen LogP contribution in [0.25, 0.3) is 6.08 Å². The molecule has 0 aliphatic carbocycles. The molecule has 2 rings (SSSR count). The van der Waals surface area contributed by atoms with E-state index in [4.69, 9.17) is 5.11 Å². The first kappa shape index (κ1) is 18.2. The molecule has 130 valence electrons. The van der Waals surface area contributed by atoms with Crippen molar-refractivity contribution in [2.75, 3.05) is 5.32 Å².